The normalized spacial score (nSPS) is 18.1. The van der Waals surface area contributed by atoms with Crippen LogP contribution in [-0.2, 0) is 20.0 Å². The SMILES string of the molecule is O=S(=O)(N=S(=O)(O)C(F)(F)C(F)(F)C(F)(F)C(F)(F)C(F)(F)C(F)(F)F)C(F)(F)C(F)(F)C(F)(F)C(F)(F)C(F)(F)C(F)(F)F. The quantitative estimate of drug-likeness (QED) is 0.219. The maximum Gasteiger partial charge on any atom is 0.460 e. The summed E-state index contributed by atoms with van der Waals surface area (Å²) in [6.07, 6.45) is -16.3. The van der Waals surface area contributed by atoms with Crippen LogP contribution in [0.2, 0.25) is 0 Å². The Balaban J connectivity index is 7.54. The van der Waals surface area contributed by atoms with Crippen molar-refractivity contribution in [1.29, 1.82) is 0 Å². The third-order valence-electron chi connectivity index (χ3n) is 4.67. The van der Waals surface area contributed by atoms with Gasteiger partial charge in [0.2, 0.25) is 0 Å². The standard InChI is InChI=1S/C12HF26NO4S2/c13-1(14,5(21,22)9(29,30)31)3(17,18)7(25,26)11(35,36)44(40,41)39-45(42,43)12(37,38)8(27,28)4(19,20)2(15,16)6(23,24)10(32,33)34/h(H,39,40,41). The van der Waals surface area contributed by atoms with Crippen molar-refractivity contribution < 1.29 is 131 Å². The van der Waals surface area contributed by atoms with Crippen LogP contribution in [-0.4, -0.2) is 87.4 Å². The summed E-state index contributed by atoms with van der Waals surface area (Å²) in [7, 11) is -18.8. The second kappa shape index (κ2) is 10.3. The van der Waals surface area contributed by atoms with Gasteiger partial charge in [-0.3, -0.25) is 4.55 Å². The predicted octanol–water partition coefficient (Wildman–Crippen LogP) is 7.65. The predicted molar refractivity (Wildman–Crippen MR) is 83.7 cm³/mol. The van der Waals surface area contributed by atoms with E-state index < -0.39 is 90.3 Å². The maximum absolute atomic E-state index is 13.7. The molecule has 0 saturated heterocycles. The molecule has 0 aromatic rings. The van der Waals surface area contributed by atoms with Gasteiger partial charge in [0.05, 0.1) is 0 Å². The third-order valence-corrected chi connectivity index (χ3v) is 8.09. The van der Waals surface area contributed by atoms with E-state index in [4.69, 9.17) is 4.55 Å². The lowest BCUT2D eigenvalue weighted by atomic mass is 9.98. The van der Waals surface area contributed by atoms with Crippen LogP contribution in [0.5, 0.6) is 0 Å². The van der Waals surface area contributed by atoms with Crippen molar-refractivity contribution in [2.45, 2.75) is 70.2 Å². The molecule has 0 aromatic carbocycles. The van der Waals surface area contributed by atoms with Crippen molar-refractivity contribution >= 4 is 20.0 Å². The van der Waals surface area contributed by atoms with Gasteiger partial charge in [-0.1, -0.05) is 3.77 Å². The highest BCUT2D eigenvalue weighted by Gasteiger charge is 2.94. The zero-order chi connectivity index (χ0) is 37.7. The summed E-state index contributed by atoms with van der Waals surface area (Å²) in [5, 5.41) is -17.8. The molecule has 0 aliphatic heterocycles. The molecule has 1 unspecified atom stereocenters. The minimum absolute atomic E-state index is 0.351. The van der Waals surface area contributed by atoms with Crippen molar-refractivity contribution in [3.05, 3.63) is 0 Å². The van der Waals surface area contributed by atoms with Gasteiger partial charge in [-0.25, -0.2) is 4.21 Å². The van der Waals surface area contributed by atoms with Gasteiger partial charge in [-0.05, 0) is 0 Å². The molecule has 0 saturated carbocycles. The van der Waals surface area contributed by atoms with Crippen LogP contribution in [0.25, 0.3) is 0 Å². The first-order valence-corrected chi connectivity index (χ1v) is 11.8. The smallest absolute Gasteiger partial charge is 0.295 e. The molecule has 0 spiro atoms. The van der Waals surface area contributed by atoms with Gasteiger partial charge >= 0.3 is 80.3 Å². The Hall–Kier alpha value is -1.96. The van der Waals surface area contributed by atoms with Crippen molar-refractivity contribution in [1.82, 2.24) is 0 Å². The molecule has 33 heteroatoms. The number of sulfonamides is 1. The fourth-order valence-corrected chi connectivity index (χ4v) is 4.79. The van der Waals surface area contributed by atoms with Crippen LogP contribution >= 0.6 is 0 Å². The summed E-state index contributed by atoms with van der Waals surface area (Å²) in [4.78, 5) is 0. The Morgan fingerprint density at radius 2 is 0.533 bits per heavy atom. The number of nitrogens with zero attached hydrogens (tertiary/aromatic N) is 1. The monoisotopic (exact) mass is 781 g/mol. The molecular formula is C12HF26NO4S2. The molecule has 0 bridgehead atoms. The Labute approximate surface area is 226 Å². The lowest BCUT2D eigenvalue weighted by Crippen LogP contribution is -2.71. The van der Waals surface area contributed by atoms with E-state index in [1.54, 1.807) is 0 Å². The van der Waals surface area contributed by atoms with E-state index >= 15 is 0 Å². The molecule has 0 heterocycles. The second-order valence-electron chi connectivity index (χ2n) is 7.67. The number of rotatable bonds is 11. The first-order valence-electron chi connectivity index (χ1n) is 8.87. The van der Waals surface area contributed by atoms with Gasteiger partial charge < -0.3 is 0 Å². The molecule has 45 heavy (non-hydrogen) atoms. The average Bonchev–Trinajstić information content (AvgIpc) is 2.75. The van der Waals surface area contributed by atoms with Crippen LogP contribution in [0.3, 0.4) is 0 Å². The fourth-order valence-electron chi connectivity index (χ4n) is 2.07. The molecule has 0 aromatic heterocycles. The highest BCUT2D eigenvalue weighted by molar-refractivity contribution is 8.01. The molecule has 272 valence electrons. The summed E-state index contributed by atoms with van der Waals surface area (Å²) in [6, 6.07) is 0. The zero-order valence-electron chi connectivity index (χ0n) is 18.8. The number of hydrogen-bond acceptors (Lipinski definition) is 3. The fraction of sp³-hybridized carbons (Fsp3) is 1.00. The number of halogens is 26. The Morgan fingerprint density at radius 1 is 0.333 bits per heavy atom. The third kappa shape index (κ3) is 5.37. The molecule has 0 aliphatic carbocycles. The van der Waals surface area contributed by atoms with Gasteiger partial charge in [-0.2, -0.15) is 123 Å². The summed E-state index contributed by atoms with van der Waals surface area (Å²) in [5.41, 5.74) is 0. The Kier molecular flexibility index (Phi) is 9.82. The largest absolute Gasteiger partial charge is 0.460 e. The molecule has 0 amide bonds. The molecule has 1 atom stereocenters. The molecule has 0 aliphatic rings. The summed E-state index contributed by atoms with van der Waals surface area (Å²) in [5.74, 6) is -71.8. The van der Waals surface area contributed by atoms with E-state index in [9.17, 15) is 127 Å². The number of hydrogen-bond donors (Lipinski definition) is 1. The van der Waals surface area contributed by atoms with Crippen LogP contribution in [0.15, 0.2) is 3.77 Å². The van der Waals surface area contributed by atoms with E-state index in [1.807, 2.05) is 0 Å². The molecule has 5 nitrogen and oxygen atoms in total. The van der Waals surface area contributed by atoms with Crippen LogP contribution in [0, 0.1) is 0 Å². The Morgan fingerprint density at radius 3 is 0.756 bits per heavy atom. The van der Waals surface area contributed by atoms with Crippen LogP contribution in [0.1, 0.15) is 0 Å². The van der Waals surface area contributed by atoms with Crippen molar-refractivity contribution in [2.75, 3.05) is 0 Å². The summed E-state index contributed by atoms with van der Waals surface area (Å²) >= 11 is 0. The zero-order valence-corrected chi connectivity index (χ0v) is 20.4. The summed E-state index contributed by atoms with van der Waals surface area (Å²) < 4.78 is 379. The lowest BCUT2D eigenvalue weighted by Gasteiger charge is -2.39. The van der Waals surface area contributed by atoms with Crippen molar-refractivity contribution in [3.8, 4) is 0 Å². The van der Waals surface area contributed by atoms with Gasteiger partial charge in [0.15, 0.2) is 0 Å². The van der Waals surface area contributed by atoms with Gasteiger partial charge in [0.25, 0.3) is 10.0 Å². The minimum Gasteiger partial charge on any atom is -0.295 e. The Bertz CT molecular complexity index is 1360. The lowest BCUT2D eigenvalue weighted by molar-refractivity contribution is -0.433. The van der Waals surface area contributed by atoms with E-state index in [0.29, 0.717) is 0 Å². The van der Waals surface area contributed by atoms with Gasteiger partial charge in [0.1, 0.15) is 0 Å². The first kappa shape index (κ1) is 43.0. The van der Waals surface area contributed by atoms with Crippen molar-refractivity contribution in [2.24, 2.45) is 3.77 Å². The van der Waals surface area contributed by atoms with Gasteiger partial charge in [0, 0.05) is 0 Å². The van der Waals surface area contributed by atoms with E-state index in [2.05, 4.69) is 0 Å². The average molecular weight is 781 g/mol. The van der Waals surface area contributed by atoms with Crippen molar-refractivity contribution in [3.63, 3.8) is 0 Å². The molecular weight excluding hydrogens is 780 g/mol. The molecule has 0 rings (SSSR count). The minimum atomic E-state index is -9.47. The maximum atomic E-state index is 13.7. The highest BCUT2D eigenvalue weighted by Crippen LogP contribution is 2.63. The van der Waals surface area contributed by atoms with E-state index in [1.165, 1.54) is 0 Å². The summed E-state index contributed by atoms with van der Waals surface area (Å²) in [6.45, 7) is 0. The molecule has 1 N–H and O–H groups in total. The van der Waals surface area contributed by atoms with Crippen LogP contribution in [0.4, 0.5) is 114 Å². The molecule has 0 fully saturated rings. The van der Waals surface area contributed by atoms with Crippen LogP contribution < -0.4 is 0 Å². The first-order chi connectivity index (χ1) is 18.7. The second-order valence-corrected chi connectivity index (χ2v) is 11.2. The van der Waals surface area contributed by atoms with E-state index in [-0.39, 0.29) is 3.77 Å². The van der Waals surface area contributed by atoms with E-state index in [0.717, 1.165) is 0 Å². The van der Waals surface area contributed by atoms with Gasteiger partial charge in [-0.15, -0.1) is 0 Å². The topological polar surface area (TPSA) is 83.8 Å². The highest BCUT2D eigenvalue weighted by atomic mass is 32.3. The molecule has 0 radical (unpaired) electrons. The number of alkyl halides is 26.